The molecular weight excluding hydrogens is 181 g/mol. The molecule has 0 rings (SSSR count). The van der Waals surface area contributed by atoms with Crippen LogP contribution in [0.1, 0.15) is 32.1 Å². The van der Waals surface area contributed by atoms with Crippen molar-refractivity contribution in [3.63, 3.8) is 0 Å². The average Bonchev–Trinajstić information content (AvgIpc) is 2.02. The lowest BCUT2D eigenvalue weighted by molar-refractivity contribution is -0.205. The molecule has 1 N–H and O–H groups in total. The molecule has 13 heavy (non-hydrogen) atoms. The molecule has 0 saturated carbocycles. The standard InChI is InChI=1S/C9H14F3O/c1-2-3-4-5-6-7-8(13)9(10,11)12/h1-2,8,13H,3-7H2. The molecule has 0 bridgehead atoms. The third-order valence-electron chi connectivity index (χ3n) is 1.73. The van der Waals surface area contributed by atoms with Gasteiger partial charge >= 0.3 is 6.18 Å². The van der Waals surface area contributed by atoms with Crippen LogP contribution in [0.15, 0.2) is 6.08 Å². The number of allylic oxidation sites excluding steroid dienone is 1. The molecule has 1 unspecified atom stereocenters. The van der Waals surface area contributed by atoms with Crippen LogP contribution in [-0.4, -0.2) is 17.4 Å². The highest BCUT2D eigenvalue weighted by atomic mass is 19.4. The Kier molecular flexibility index (Phi) is 5.79. The Bertz CT molecular complexity index is 142. The van der Waals surface area contributed by atoms with Gasteiger partial charge in [0.1, 0.15) is 6.10 Å². The second-order valence-corrected chi connectivity index (χ2v) is 2.93. The van der Waals surface area contributed by atoms with Crippen LogP contribution < -0.4 is 0 Å². The lowest BCUT2D eigenvalue weighted by Gasteiger charge is -2.13. The molecule has 0 spiro atoms. The van der Waals surface area contributed by atoms with Gasteiger partial charge in [-0.3, -0.25) is 0 Å². The zero-order chi connectivity index (χ0) is 10.3. The van der Waals surface area contributed by atoms with E-state index < -0.39 is 12.3 Å². The molecule has 0 aromatic heterocycles. The largest absolute Gasteiger partial charge is 0.414 e. The van der Waals surface area contributed by atoms with Gasteiger partial charge in [-0.05, 0) is 19.3 Å². The van der Waals surface area contributed by atoms with Crippen molar-refractivity contribution in [1.82, 2.24) is 0 Å². The SMILES string of the molecule is [CH]=CCCCCCC(O)C(F)(F)F. The van der Waals surface area contributed by atoms with Crippen molar-refractivity contribution in [2.24, 2.45) is 0 Å². The zero-order valence-electron chi connectivity index (χ0n) is 7.35. The maximum absolute atomic E-state index is 11.7. The molecule has 0 aromatic carbocycles. The first-order chi connectivity index (χ1) is 5.98. The number of rotatable bonds is 6. The predicted octanol–water partition coefficient (Wildman–Crippen LogP) is 2.85. The third kappa shape index (κ3) is 6.63. The summed E-state index contributed by atoms with van der Waals surface area (Å²) < 4.78 is 35.2. The van der Waals surface area contributed by atoms with E-state index in [1.165, 1.54) is 6.08 Å². The normalized spacial score (nSPS) is 14.2. The van der Waals surface area contributed by atoms with Gasteiger partial charge in [-0.25, -0.2) is 0 Å². The average molecular weight is 195 g/mol. The molecule has 0 saturated heterocycles. The molecule has 0 aliphatic rings. The topological polar surface area (TPSA) is 20.2 Å². The Morgan fingerprint density at radius 3 is 2.31 bits per heavy atom. The highest BCUT2D eigenvalue weighted by molar-refractivity contribution is 4.66. The number of aliphatic hydroxyl groups excluding tert-OH is 1. The van der Waals surface area contributed by atoms with Crippen molar-refractivity contribution in [1.29, 1.82) is 0 Å². The zero-order valence-corrected chi connectivity index (χ0v) is 7.35. The van der Waals surface area contributed by atoms with Crippen LogP contribution >= 0.6 is 0 Å². The van der Waals surface area contributed by atoms with Gasteiger partial charge in [0, 0.05) is 0 Å². The summed E-state index contributed by atoms with van der Waals surface area (Å²) in [6.07, 6.45) is -2.83. The Morgan fingerprint density at radius 2 is 1.85 bits per heavy atom. The summed E-state index contributed by atoms with van der Waals surface area (Å²) in [5.41, 5.74) is 0. The Labute approximate surface area is 76.3 Å². The molecule has 0 aliphatic heterocycles. The third-order valence-corrected chi connectivity index (χ3v) is 1.73. The maximum Gasteiger partial charge on any atom is 0.414 e. The Balaban J connectivity index is 3.37. The monoisotopic (exact) mass is 195 g/mol. The number of halogens is 3. The van der Waals surface area contributed by atoms with Gasteiger partial charge in [0.2, 0.25) is 0 Å². The summed E-state index contributed by atoms with van der Waals surface area (Å²) in [6, 6.07) is 0. The van der Waals surface area contributed by atoms with Gasteiger partial charge in [-0.2, -0.15) is 13.2 Å². The molecule has 1 radical (unpaired) electrons. The number of alkyl halides is 3. The van der Waals surface area contributed by atoms with E-state index in [1.54, 1.807) is 0 Å². The molecule has 77 valence electrons. The van der Waals surface area contributed by atoms with E-state index in [1.807, 2.05) is 0 Å². The Hall–Kier alpha value is -0.510. The van der Waals surface area contributed by atoms with E-state index in [0.717, 1.165) is 6.42 Å². The first kappa shape index (κ1) is 12.5. The molecule has 0 aliphatic carbocycles. The van der Waals surface area contributed by atoms with Gasteiger partial charge in [0.25, 0.3) is 0 Å². The number of unbranched alkanes of at least 4 members (excludes halogenated alkanes) is 3. The smallest absolute Gasteiger partial charge is 0.384 e. The Morgan fingerprint density at radius 1 is 1.23 bits per heavy atom. The van der Waals surface area contributed by atoms with Gasteiger partial charge < -0.3 is 5.11 Å². The number of aliphatic hydroxyl groups is 1. The van der Waals surface area contributed by atoms with Crippen LogP contribution in [0.25, 0.3) is 0 Å². The van der Waals surface area contributed by atoms with Crippen molar-refractivity contribution >= 4 is 0 Å². The van der Waals surface area contributed by atoms with Crippen molar-refractivity contribution in [3.05, 3.63) is 12.7 Å². The van der Waals surface area contributed by atoms with Crippen molar-refractivity contribution in [3.8, 4) is 0 Å². The summed E-state index contributed by atoms with van der Waals surface area (Å²) >= 11 is 0. The number of hydrogen-bond donors (Lipinski definition) is 1. The quantitative estimate of drug-likeness (QED) is 0.646. The molecule has 1 atom stereocenters. The van der Waals surface area contributed by atoms with Crippen molar-refractivity contribution < 1.29 is 18.3 Å². The van der Waals surface area contributed by atoms with E-state index in [9.17, 15) is 13.2 Å². The molecule has 0 fully saturated rings. The van der Waals surface area contributed by atoms with Crippen LogP contribution in [0.2, 0.25) is 0 Å². The van der Waals surface area contributed by atoms with Gasteiger partial charge in [-0.15, -0.1) is 0 Å². The second-order valence-electron chi connectivity index (χ2n) is 2.93. The first-order valence-corrected chi connectivity index (χ1v) is 4.26. The van der Waals surface area contributed by atoms with Crippen LogP contribution in [0.3, 0.4) is 0 Å². The van der Waals surface area contributed by atoms with E-state index in [-0.39, 0.29) is 6.42 Å². The van der Waals surface area contributed by atoms with Crippen LogP contribution in [0.5, 0.6) is 0 Å². The molecule has 4 heteroatoms. The number of hydrogen-bond acceptors (Lipinski definition) is 1. The van der Waals surface area contributed by atoms with E-state index >= 15 is 0 Å². The lowest BCUT2D eigenvalue weighted by Crippen LogP contribution is -2.28. The van der Waals surface area contributed by atoms with Crippen LogP contribution in [0.4, 0.5) is 13.2 Å². The minimum atomic E-state index is -4.47. The van der Waals surface area contributed by atoms with Crippen molar-refractivity contribution in [2.75, 3.05) is 0 Å². The molecule has 0 heterocycles. The van der Waals surface area contributed by atoms with E-state index in [2.05, 4.69) is 0 Å². The molecule has 1 nitrogen and oxygen atoms in total. The predicted molar refractivity (Wildman–Crippen MR) is 44.0 cm³/mol. The fraction of sp³-hybridized carbons (Fsp3) is 0.778. The highest BCUT2D eigenvalue weighted by Gasteiger charge is 2.37. The lowest BCUT2D eigenvalue weighted by atomic mass is 10.1. The summed E-state index contributed by atoms with van der Waals surface area (Å²) in [7, 11) is 0. The first-order valence-electron chi connectivity index (χ1n) is 4.26. The second kappa shape index (κ2) is 6.02. The van der Waals surface area contributed by atoms with Gasteiger partial charge in [0.05, 0.1) is 0 Å². The summed E-state index contributed by atoms with van der Waals surface area (Å²) in [4.78, 5) is 0. The molecule has 0 amide bonds. The molecular formula is C9H14F3O. The van der Waals surface area contributed by atoms with E-state index in [0.29, 0.717) is 19.3 Å². The minimum absolute atomic E-state index is 0.214. The van der Waals surface area contributed by atoms with Gasteiger partial charge in [-0.1, -0.05) is 25.5 Å². The van der Waals surface area contributed by atoms with Crippen LogP contribution in [-0.2, 0) is 0 Å². The maximum atomic E-state index is 11.7. The van der Waals surface area contributed by atoms with Gasteiger partial charge in [0.15, 0.2) is 0 Å². The highest BCUT2D eigenvalue weighted by Crippen LogP contribution is 2.23. The summed E-state index contributed by atoms with van der Waals surface area (Å²) in [5, 5.41) is 8.58. The van der Waals surface area contributed by atoms with Crippen molar-refractivity contribution in [2.45, 2.75) is 44.4 Å². The summed E-state index contributed by atoms with van der Waals surface area (Å²) in [5.74, 6) is 0. The van der Waals surface area contributed by atoms with Crippen LogP contribution in [0, 0.1) is 6.58 Å². The van der Waals surface area contributed by atoms with E-state index in [4.69, 9.17) is 11.7 Å². The molecule has 0 aromatic rings. The fourth-order valence-electron chi connectivity index (χ4n) is 0.940. The minimum Gasteiger partial charge on any atom is -0.384 e. The fourth-order valence-corrected chi connectivity index (χ4v) is 0.940. The summed E-state index contributed by atoms with van der Waals surface area (Å²) in [6.45, 7) is 5.09.